The summed E-state index contributed by atoms with van der Waals surface area (Å²) in [6.45, 7) is 7.49. The number of ether oxygens (including phenoxy) is 1. The highest BCUT2D eigenvalue weighted by molar-refractivity contribution is 6.35. The van der Waals surface area contributed by atoms with E-state index >= 15 is 0 Å². The number of amides is 3. The van der Waals surface area contributed by atoms with E-state index in [9.17, 15) is 14.4 Å². The molecule has 0 aliphatic heterocycles. The number of hydrogen-bond donors (Lipinski definition) is 3. The minimum Gasteiger partial charge on any atom is -0.484 e. The zero-order valence-electron chi connectivity index (χ0n) is 18.2. The standard InChI is InChI=1S/C23H28N4O4/c1-5-17(4)25-22(29)23(30)27-24-13-18-8-10-19(11-9-18)31-14-21(28)26-20-12-15(2)6-7-16(20)3/h6-13,17H,5,14H2,1-4H3,(H,25,29)(H,26,28)(H,27,30)/b24-13-/t17-/m0/s1. The maximum Gasteiger partial charge on any atom is 0.329 e. The normalized spacial score (nSPS) is 11.6. The second-order valence-electron chi connectivity index (χ2n) is 7.21. The molecule has 31 heavy (non-hydrogen) atoms. The molecule has 0 unspecified atom stereocenters. The summed E-state index contributed by atoms with van der Waals surface area (Å²) in [7, 11) is 0. The molecule has 0 bridgehead atoms. The highest BCUT2D eigenvalue weighted by Gasteiger charge is 2.14. The Bertz CT molecular complexity index is 955. The number of nitrogens with zero attached hydrogens (tertiary/aromatic N) is 1. The average Bonchev–Trinajstić information content (AvgIpc) is 2.75. The number of hydrogen-bond acceptors (Lipinski definition) is 5. The minimum atomic E-state index is -0.827. The van der Waals surface area contributed by atoms with Crippen molar-refractivity contribution < 1.29 is 19.1 Å². The molecule has 0 saturated heterocycles. The van der Waals surface area contributed by atoms with E-state index in [0.29, 0.717) is 11.3 Å². The Morgan fingerprint density at radius 2 is 1.77 bits per heavy atom. The van der Waals surface area contributed by atoms with Crippen LogP contribution in [0.1, 0.15) is 37.0 Å². The van der Waals surface area contributed by atoms with Crippen molar-refractivity contribution in [1.29, 1.82) is 0 Å². The number of hydrazone groups is 1. The van der Waals surface area contributed by atoms with Crippen LogP contribution in [0.2, 0.25) is 0 Å². The fourth-order valence-electron chi connectivity index (χ4n) is 2.46. The molecule has 0 aromatic heterocycles. The van der Waals surface area contributed by atoms with Gasteiger partial charge in [-0.3, -0.25) is 14.4 Å². The van der Waals surface area contributed by atoms with Crippen LogP contribution in [-0.2, 0) is 14.4 Å². The molecule has 3 N–H and O–H groups in total. The molecule has 1 atom stereocenters. The Labute approximate surface area is 182 Å². The lowest BCUT2D eigenvalue weighted by atomic mass is 10.1. The smallest absolute Gasteiger partial charge is 0.329 e. The third-order valence-corrected chi connectivity index (χ3v) is 4.49. The highest BCUT2D eigenvalue weighted by Crippen LogP contribution is 2.16. The van der Waals surface area contributed by atoms with Gasteiger partial charge in [-0.1, -0.05) is 19.1 Å². The SMILES string of the molecule is CC[C@H](C)NC(=O)C(=O)N/N=C\c1ccc(OCC(=O)Nc2cc(C)ccc2C)cc1. The van der Waals surface area contributed by atoms with Crippen LogP contribution in [0.3, 0.4) is 0 Å². The van der Waals surface area contributed by atoms with Gasteiger partial charge in [0.15, 0.2) is 6.61 Å². The first-order chi connectivity index (χ1) is 14.8. The number of anilines is 1. The average molecular weight is 425 g/mol. The molecule has 0 aliphatic rings. The molecule has 3 amide bonds. The molecule has 8 heteroatoms. The van der Waals surface area contributed by atoms with Crippen LogP contribution < -0.4 is 20.8 Å². The lowest BCUT2D eigenvalue weighted by Gasteiger charge is -2.10. The van der Waals surface area contributed by atoms with Crippen molar-refractivity contribution in [2.24, 2.45) is 5.10 Å². The van der Waals surface area contributed by atoms with E-state index in [4.69, 9.17) is 4.74 Å². The van der Waals surface area contributed by atoms with Crippen LogP contribution in [0, 0.1) is 13.8 Å². The summed E-state index contributed by atoms with van der Waals surface area (Å²) in [4.78, 5) is 35.4. The van der Waals surface area contributed by atoms with Crippen molar-refractivity contribution in [3.63, 3.8) is 0 Å². The predicted octanol–water partition coefficient (Wildman–Crippen LogP) is 2.69. The van der Waals surface area contributed by atoms with Gasteiger partial charge in [-0.25, -0.2) is 5.43 Å². The van der Waals surface area contributed by atoms with Gasteiger partial charge in [0.25, 0.3) is 5.91 Å². The summed E-state index contributed by atoms with van der Waals surface area (Å²) in [6, 6.07) is 12.6. The first kappa shape index (κ1) is 23.6. The van der Waals surface area contributed by atoms with Gasteiger partial charge in [-0.05, 0) is 74.2 Å². The maximum atomic E-state index is 12.1. The first-order valence-corrected chi connectivity index (χ1v) is 10.0. The Balaban J connectivity index is 1.80. The van der Waals surface area contributed by atoms with Gasteiger partial charge in [0, 0.05) is 11.7 Å². The molecule has 2 aromatic carbocycles. The van der Waals surface area contributed by atoms with E-state index < -0.39 is 11.8 Å². The van der Waals surface area contributed by atoms with Crippen LogP contribution in [0.4, 0.5) is 5.69 Å². The fourth-order valence-corrected chi connectivity index (χ4v) is 2.46. The number of benzene rings is 2. The number of nitrogens with one attached hydrogen (secondary N) is 3. The Morgan fingerprint density at radius 1 is 1.06 bits per heavy atom. The van der Waals surface area contributed by atoms with Gasteiger partial charge < -0.3 is 15.4 Å². The van der Waals surface area contributed by atoms with Crippen LogP contribution in [0.15, 0.2) is 47.6 Å². The van der Waals surface area contributed by atoms with Gasteiger partial charge in [0.05, 0.1) is 6.21 Å². The number of rotatable bonds is 8. The molecule has 0 saturated carbocycles. The summed E-state index contributed by atoms with van der Waals surface area (Å²) < 4.78 is 5.51. The third kappa shape index (κ3) is 7.93. The van der Waals surface area contributed by atoms with Crippen LogP contribution in [-0.4, -0.2) is 36.6 Å². The Morgan fingerprint density at radius 3 is 2.45 bits per heavy atom. The third-order valence-electron chi connectivity index (χ3n) is 4.49. The molecule has 164 valence electrons. The lowest BCUT2D eigenvalue weighted by molar-refractivity contribution is -0.139. The predicted molar refractivity (Wildman–Crippen MR) is 120 cm³/mol. The maximum absolute atomic E-state index is 12.1. The van der Waals surface area contributed by atoms with E-state index in [1.807, 2.05) is 45.9 Å². The quantitative estimate of drug-likeness (QED) is 0.344. The fraction of sp³-hybridized carbons (Fsp3) is 0.304. The summed E-state index contributed by atoms with van der Waals surface area (Å²) >= 11 is 0. The summed E-state index contributed by atoms with van der Waals surface area (Å²) in [5.74, 6) is -1.29. The van der Waals surface area contributed by atoms with E-state index in [1.165, 1.54) is 6.21 Å². The van der Waals surface area contributed by atoms with E-state index in [1.54, 1.807) is 24.3 Å². The molecule has 2 aromatic rings. The second-order valence-corrected chi connectivity index (χ2v) is 7.21. The monoisotopic (exact) mass is 424 g/mol. The van der Waals surface area contributed by atoms with Gasteiger partial charge in [-0.2, -0.15) is 5.10 Å². The van der Waals surface area contributed by atoms with Gasteiger partial charge >= 0.3 is 11.8 Å². The zero-order chi connectivity index (χ0) is 22.8. The van der Waals surface area contributed by atoms with Crippen molar-refractivity contribution >= 4 is 29.6 Å². The van der Waals surface area contributed by atoms with Crippen molar-refractivity contribution in [3.8, 4) is 5.75 Å². The molecule has 8 nitrogen and oxygen atoms in total. The number of carbonyl (C=O) groups is 3. The van der Waals surface area contributed by atoms with Crippen molar-refractivity contribution in [3.05, 3.63) is 59.2 Å². The second kappa shape index (κ2) is 11.5. The van der Waals surface area contributed by atoms with Crippen LogP contribution in [0.5, 0.6) is 5.75 Å². The van der Waals surface area contributed by atoms with E-state index in [0.717, 1.165) is 23.2 Å². The first-order valence-electron chi connectivity index (χ1n) is 10.0. The molecule has 0 spiro atoms. The van der Waals surface area contributed by atoms with Crippen LogP contribution >= 0.6 is 0 Å². The van der Waals surface area contributed by atoms with E-state index in [2.05, 4.69) is 21.2 Å². The van der Waals surface area contributed by atoms with Crippen molar-refractivity contribution in [1.82, 2.24) is 10.7 Å². The summed E-state index contributed by atoms with van der Waals surface area (Å²) in [6.07, 6.45) is 2.13. The summed E-state index contributed by atoms with van der Waals surface area (Å²) in [5, 5.41) is 9.16. The Hall–Kier alpha value is -3.68. The Kier molecular flexibility index (Phi) is 8.75. The minimum absolute atomic E-state index is 0.0855. The topological polar surface area (TPSA) is 109 Å². The molecule has 0 aliphatic carbocycles. The van der Waals surface area contributed by atoms with Crippen molar-refractivity contribution in [2.45, 2.75) is 40.2 Å². The van der Waals surface area contributed by atoms with Gasteiger partial charge in [0.2, 0.25) is 0 Å². The lowest BCUT2D eigenvalue weighted by Crippen LogP contribution is -2.41. The number of carbonyl (C=O) groups excluding carboxylic acids is 3. The highest BCUT2D eigenvalue weighted by atomic mass is 16.5. The molecule has 0 fully saturated rings. The molecular weight excluding hydrogens is 396 g/mol. The zero-order valence-corrected chi connectivity index (χ0v) is 18.2. The van der Waals surface area contributed by atoms with Gasteiger partial charge in [0.1, 0.15) is 5.75 Å². The number of aryl methyl sites for hydroxylation is 2. The van der Waals surface area contributed by atoms with E-state index in [-0.39, 0.29) is 18.6 Å². The molecule has 0 heterocycles. The van der Waals surface area contributed by atoms with Crippen molar-refractivity contribution in [2.75, 3.05) is 11.9 Å². The molecule has 0 radical (unpaired) electrons. The summed E-state index contributed by atoms with van der Waals surface area (Å²) in [5.41, 5.74) is 5.67. The van der Waals surface area contributed by atoms with Crippen LogP contribution in [0.25, 0.3) is 0 Å². The molecular formula is C23H28N4O4. The van der Waals surface area contributed by atoms with Gasteiger partial charge in [-0.15, -0.1) is 0 Å². The largest absolute Gasteiger partial charge is 0.484 e. The molecule has 2 rings (SSSR count).